The molecule has 1 aromatic rings. The molecule has 1 rings (SSSR count). The van der Waals surface area contributed by atoms with Crippen molar-refractivity contribution in [2.24, 2.45) is 0 Å². The summed E-state index contributed by atoms with van der Waals surface area (Å²) in [7, 11) is -3.58. The molecule has 0 saturated heterocycles. The van der Waals surface area contributed by atoms with Gasteiger partial charge in [-0.2, -0.15) is 0 Å². The van der Waals surface area contributed by atoms with Crippen molar-refractivity contribution in [3.63, 3.8) is 0 Å². The smallest absolute Gasteiger partial charge is 0.344 e. The highest BCUT2D eigenvalue weighted by Gasteiger charge is 2.23. The second-order valence-electron chi connectivity index (χ2n) is 3.17. The van der Waals surface area contributed by atoms with Gasteiger partial charge in [0.1, 0.15) is 15.7 Å². The average Bonchev–Trinajstić information content (AvgIpc) is 2.26. The van der Waals surface area contributed by atoms with Crippen molar-refractivity contribution < 1.29 is 17.9 Å². The van der Waals surface area contributed by atoms with Gasteiger partial charge in [-0.05, 0) is 13.2 Å². The molecule has 100 valence electrons. The van der Waals surface area contributed by atoms with Crippen molar-refractivity contribution in [1.82, 2.24) is 9.97 Å². The molecule has 0 atom stereocenters. The van der Waals surface area contributed by atoms with Crippen LogP contribution in [0.5, 0.6) is 0 Å². The molecule has 0 saturated carbocycles. The maximum absolute atomic E-state index is 11.7. The van der Waals surface area contributed by atoms with Crippen molar-refractivity contribution in [3.05, 3.63) is 10.7 Å². The van der Waals surface area contributed by atoms with Gasteiger partial charge < -0.3 is 4.74 Å². The predicted octanol–water partition coefficient (Wildman–Crippen LogP) is 1.43. The number of carbonyl (C=O) groups is 1. The Balaban J connectivity index is 3.42. The average molecular weight is 311 g/mol. The molecule has 18 heavy (non-hydrogen) atoms. The minimum atomic E-state index is -3.58. The number of halogens is 1. The van der Waals surface area contributed by atoms with Crippen LogP contribution in [0.25, 0.3) is 0 Å². The molecule has 6 nitrogen and oxygen atoms in total. The third-order valence-electron chi connectivity index (χ3n) is 1.82. The van der Waals surface area contributed by atoms with E-state index in [0.29, 0.717) is 0 Å². The van der Waals surface area contributed by atoms with Gasteiger partial charge in [-0.3, -0.25) is 0 Å². The largest absolute Gasteiger partial charge is 0.462 e. The summed E-state index contributed by atoms with van der Waals surface area (Å²) in [6.07, 6.45) is 2.61. The normalized spacial score (nSPS) is 11.3. The summed E-state index contributed by atoms with van der Waals surface area (Å²) in [5.41, 5.74) is -0.0154. The molecule has 0 spiro atoms. The molecule has 0 radical (unpaired) electrons. The van der Waals surface area contributed by atoms with Gasteiger partial charge >= 0.3 is 5.97 Å². The van der Waals surface area contributed by atoms with E-state index in [2.05, 4.69) is 9.97 Å². The first-order chi connectivity index (χ1) is 8.31. The number of nitrogens with zero attached hydrogens (tertiary/aromatic N) is 2. The minimum absolute atomic E-state index is 0.0154. The highest BCUT2D eigenvalue weighted by Crippen LogP contribution is 2.26. The molecular formula is C9H11ClN2O4S2. The van der Waals surface area contributed by atoms with Crippen LogP contribution in [0, 0.1) is 0 Å². The number of sulfone groups is 1. The van der Waals surface area contributed by atoms with Crippen LogP contribution in [0.3, 0.4) is 0 Å². The highest BCUT2D eigenvalue weighted by molar-refractivity contribution is 7.98. The zero-order valence-electron chi connectivity index (χ0n) is 9.93. The quantitative estimate of drug-likeness (QED) is 0.360. The van der Waals surface area contributed by atoms with Crippen LogP contribution in [0.15, 0.2) is 10.2 Å². The number of hydrogen-bond donors (Lipinski definition) is 0. The van der Waals surface area contributed by atoms with Gasteiger partial charge in [0.05, 0.1) is 6.61 Å². The Bertz CT molecular complexity index is 574. The zero-order chi connectivity index (χ0) is 13.9. The fourth-order valence-electron chi connectivity index (χ4n) is 1.08. The summed E-state index contributed by atoms with van der Waals surface area (Å²) in [6, 6.07) is 0. The molecule has 1 aromatic heterocycles. The van der Waals surface area contributed by atoms with Crippen LogP contribution in [0.4, 0.5) is 0 Å². The van der Waals surface area contributed by atoms with E-state index in [1.807, 2.05) is 0 Å². The van der Waals surface area contributed by atoms with Crippen LogP contribution >= 0.6 is 23.4 Å². The Labute approximate surface area is 114 Å². The predicted molar refractivity (Wildman–Crippen MR) is 67.9 cm³/mol. The van der Waals surface area contributed by atoms with Gasteiger partial charge in [0.2, 0.25) is 15.0 Å². The van der Waals surface area contributed by atoms with E-state index < -0.39 is 21.0 Å². The minimum Gasteiger partial charge on any atom is -0.462 e. The number of thioether (sulfide) groups is 1. The first-order valence-electron chi connectivity index (χ1n) is 4.80. The lowest BCUT2D eigenvalue weighted by atomic mass is 10.3. The maximum Gasteiger partial charge on any atom is 0.344 e. The van der Waals surface area contributed by atoms with Crippen molar-refractivity contribution in [3.8, 4) is 0 Å². The molecule has 0 fully saturated rings. The molecule has 0 aliphatic heterocycles. The molecule has 9 heteroatoms. The molecule has 1 heterocycles. The molecule has 0 N–H and O–H groups in total. The molecule has 0 aliphatic rings. The van der Waals surface area contributed by atoms with Gasteiger partial charge in [0, 0.05) is 6.26 Å². The van der Waals surface area contributed by atoms with Crippen LogP contribution in [0.2, 0.25) is 5.15 Å². The number of rotatable bonds is 4. The van der Waals surface area contributed by atoms with E-state index in [9.17, 15) is 13.2 Å². The van der Waals surface area contributed by atoms with Gasteiger partial charge in [0.15, 0.2) is 0 Å². The highest BCUT2D eigenvalue weighted by atomic mass is 35.5. The maximum atomic E-state index is 11.7. The first kappa shape index (κ1) is 15.2. The van der Waals surface area contributed by atoms with Crippen LogP contribution in [0.1, 0.15) is 17.3 Å². The first-order valence-corrected chi connectivity index (χ1v) is 8.29. The molecule has 0 aromatic carbocycles. The van der Waals surface area contributed by atoms with Crippen LogP contribution in [-0.4, -0.2) is 43.5 Å². The summed E-state index contributed by atoms with van der Waals surface area (Å²) in [5.74, 6) is -0.674. The lowest BCUT2D eigenvalue weighted by Gasteiger charge is -2.08. The lowest BCUT2D eigenvalue weighted by Crippen LogP contribution is -2.13. The van der Waals surface area contributed by atoms with Gasteiger partial charge in [0.25, 0.3) is 0 Å². The van der Waals surface area contributed by atoms with E-state index in [4.69, 9.17) is 16.3 Å². The van der Waals surface area contributed by atoms with E-state index in [-0.39, 0.29) is 22.3 Å². The SMILES string of the molecule is CCOC(=O)c1c(Cl)nc(S(C)(=O)=O)nc1SC. The Morgan fingerprint density at radius 1 is 1.44 bits per heavy atom. The number of aromatic nitrogens is 2. The number of carbonyl (C=O) groups excluding carboxylic acids is 1. The Hall–Kier alpha value is -0.860. The molecule has 0 bridgehead atoms. The van der Waals surface area contributed by atoms with Gasteiger partial charge in [-0.1, -0.05) is 11.6 Å². The fourth-order valence-corrected chi connectivity index (χ4v) is 2.57. The van der Waals surface area contributed by atoms with E-state index in [0.717, 1.165) is 18.0 Å². The molecule has 0 unspecified atom stereocenters. The number of esters is 1. The van der Waals surface area contributed by atoms with E-state index in [1.54, 1.807) is 13.2 Å². The summed E-state index contributed by atoms with van der Waals surface area (Å²) >= 11 is 6.91. The second-order valence-corrected chi connectivity index (χ2v) is 6.24. The lowest BCUT2D eigenvalue weighted by molar-refractivity contribution is 0.0520. The van der Waals surface area contributed by atoms with Crippen molar-refractivity contribution in [1.29, 1.82) is 0 Å². The van der Waals surface area contributed by atoms with Gasteiger partial charge in [-0.15, -0.1) is 11.8 Å². The fraction of sp³-hybridized carbons (Fsp3) is 0.444. The van der Waals surface area contributed by atoms with E-state index in [1.165, 1.54) is 0 Å². The third-order valence-corrected chi connectivity index (χ3v) is 3.62. The summed E-state index contributed by atoms with van der Waals surface area (Å²) < 4.78 is 27.5. The van der Waals surface area contributed by atoms with E-state index >= 15 is 0 Å². The standard InChI is InChI=1S/C9H11ClN2O4S2/c1-4-16-8(13)5-6(10)11-9(18(3,14)15)12-7(5)17-2/h4H2,1-3H3. The second kappa shape index (κ2) is 5.85. The van der Waals surface area contributed by atoms with Crippen LogP contribution in [-0.2, 0) is 14.6 Å². The monoisotopic (exact) mass is 310 g/mol. The Morgan fingerprint density at radius 2 is 2.06 bits per heavy atom. The molecule has 0 aliphatic carbocycles. The summed E-state index contributed by atoms with van der Waals surface area (Å²) in [6.45, 7) is 1.83. The summed E-state index contributed by atoms with van der Waals surface area (Å²) in [5, 5.41) is -0.466. The molecule has 0 amide bonds. The summed E-state index contributed by atoms with van der Waals surface area (Å²) in [4.78, 5) is 19.1. The Morgan fingerprint density at radius 3 is 2.50 bits per heavy atom. The Kier molecular flexibility index (Phi) is 4.94. The van der Waals surface area contributed by atoms with Crippen molar-refractivity contribution in [2.45, 2.75) is 17.1 Å². The number of hydrogen-bond acceptors (Lipinski definition) is 7. The zero-order valence-corrected chi connectivity index (χ0v) is 12.3. The molecular weight excluding hydrogens is 300 g/mol. The third kappa shape index (κ3) is 3.33. The van der Waals surface area contributed by atoms with Crippen LogP contribution < -0.4 is 0 Å². The van der Waals surface area contributed by atoms with Crippen molar-refractivity contribution in [2.75, 3.05) is 19.1 Å². The number of ether oxygens (including phenoxy) is 1. The van der Waals surface area contributed by atoms with Crippen molar-refractivity contribution >= 4 is 39.2 Å². The van der Waals surface area contributed by atoms with Gasteiger partial charge in [-0.25, -0.2) is 23.2 Å². The topological polar surface area (TPSA) is 86.2 Å².